The second kappa shape index (κ2) is 8.20. The summed E-state index contributed by atoms with van der Waals surface area (Å²) in [5.41, 5.74) is 1.73. The largest absolute Gasteiger partial charge is 0.423 e. The molecule has 0 aliphatic heterocycles. The number of hydrogen-bond acceptors (Lipinski definition) is 3. The quantitative estimate of drug-likeness (QED) is 0.433. The Labute approximate surface area is 121 Å². The van der Waals surface area contributed by atoms with Crippen molar-refractivity contribution >= 4 is 17.7 Å². The van der Waals surface area contributed by atoms with E-state index in [0.717, 1.165) is 36.6 Å². The van der Waals surface area contributed by atoms with Crippen LogP contribution in [0.15, 0.2) is 37.4 Å². The third-order valence-corrected chi connectivity index (χ3v) is 3.11. The van der Waals surface area contributed by atoms with Crippen LogP contribution in [-0.2, 0) is 4.79 Å². The first kappa shape index (κ1) is 16.0. The summed E-state index contributed by atoms with van der Waals surface area (Å²) in [6.45, 7) is 11.5. The second-order valence-electron chi connectivity index (χ2n) is 4.62. The zero-order valence-corrected chi connectivity index (χ0v) is 12.3. The monoisotopic (exact) mass is 273 g/mol. The van der Waals surface area contributed by atoms with Gasteiger partial charge in [-0.25, -0.2) is 4.79 Å². The number of anilines is 1. The Hall–Kier alpha value is -2.03. The van der Waals surface area contributed by atoms with Crippen molar-refractivity contribution in [3.8, 4) is 5.75 Å². The summed E-state index contributed by atoms with van der Waals surface area (Å²) in [6.07, 6.45) is 6.12. The Morgan fingerprint density at radius 3 is 2.70 bits per heavy atom. The summed E-state index contributed by atoms with van der Waals surface area (Å²) < 4.78 is 5.23. The maximum atomic E-state index is 11.3. The smallest absolute Gasteiger partial charge is 0.335 e. The van der Waals surface area contributed by atoms with Gasteiger partial charge < -0.3 is 10.1 Å². The molecule has 1 aromatic carbocycles. The lowest BCUT2D eigenvalue weighted by molar-refractivity contribution is -0.128. The molecule has 108 valence electrons. The predicted octanol–water partition coefficient (Wildman–Crippen LogP) is 4.41. The van der Waals surface area contributed by atoms with Crippen LogP contribution in [0.3, 0.4) is 0 Å². The van der Waals surface area contributed by atoms with Gasteiger partial charge in [-0.1, -0.05) is 39.5 Å². The molecule has 0 spiro atoms. The summed E-state index contributed by atoms with van der Waals surface area (Å²) >= 11 is 0. The maximum absolute atomic E-state index is 11.3. The van der Waals surface area contributed by atoms with Gasteiger partial charge in [0.1, 0.15) is 5.75 Å². The van der Waals surface area contributed by atoms with Crippen molar-refractivity contribution in [2.45, 2.75) is 39.2 Å². The zero-order valence-electron chi connectivity index (χ0n) is 12.3. The first-order chi connectivity index (χ1) is 9.64. The lowest BCUT2D eigenvalue weighted by atomic mass is 10.1. The molecule has 0 fully saturated rings. The lowest BCUT2D eigenvalue weighted by Gasteiger charge is -2.18. The topological polar surface area (TPSA) is 38.3 Å². The van der Waals surface area contributed by atoms with Crippen LogP contribution in [0.25, 0.3) is 6.08 Å². The molecule has 0 bridgehead atoms. The molecule has 0 aliphatic carbocycles. The lowest BCUT2D eigenvalue weighted by Crippen LogP contribution is -2.18. The fraction of sp³-hybridized carbons (Fsp3) is 0.353. The van der Waals surface area contributed by atoms with Crippen LogP contribution in [0.2, 0.25) is 0 Å². The second-order valence-corrected chi connectivity index (χ2v) is 4.62. The first-order valence-corrected chi connectivity index (χ1v) is 7.01. The van der Waals surface area contributed by atoms with E-state index in [9.17, 15) is 4.79 Å². The van der Waals surface area contributed by atoms with E-state index in [2.05, 4.69) is 32.3 Å². The molecule has 1 unspecified atom stereocenters. The van der Waals surface area contributed by atoms with E-state index >= 15 is 0 Å². The third kappa shape index (κ3) is 4.57. The van der Waals surface area contributed by atoms with Crippen molar-refractivity contribution in [1.29, 1.82) is 0 Å². The van der Waals surface area contributed by atoms with E-state index in [1.54, 1.807) is 6.08 Å². The number of ether oxygens (including phenoxy) is 1. The number of benzene rings is 1. The molecular formula is C17H23NO2. The summed E-state index contributed by atoms with van der Waals surface area (Å²) in [6, 6.07) is 6.12. The van der Waals surface area contributed by atoms with Crippen molar-refractivity contribution in [1.82, 2.24) is 0 Å². The van der Waals surface area contributed by atoms with Gasteiger partial charge in [-0.2, -0.15) is 0 Å². The van der Waals surface area contributed by atoms with Crippen LogP contribution < -0.4 is 10.1 Å². The molecule has 3 heteroatoms. The highest BCUT2D eigenvalue weighted by Gasteiger charge is 2.09. The van der Waals surface area contributed by atoms with Crippen molar-refractivity contribution in [3.05, 3.63) is 43.0 Å². The molecule has 0 aromatic heterocycles. The van der Waals surface area contributed by atoms with Gasteiger partial charge in [0.25, 0.3) is 0 Å². The van der Waals surface area contributed by atoms with Gasteiger partial charge in [0.2, 0.25) is 0 Å². The number of carbonyl (C=O) groups is 1. The van der Waals surface area contributed by atoms with Crippen LogP contribution in [0, 0.1) is 0 Å². The van der Waals surface area contributed by atoms with Crippen LogP contribution >= 0.6 is 0 Å². The van der Waals surface area contributed by atoms with E-state index in [1.165, 1.54) is 0 Å². The van der Waals surface area contributed by atoms with E-state index in [4.69, 9.17) is 4.74 Å². The molecule has 0 aliphatic rings. The van der Waals surface area contributed by atoms with Gasteiger partial charge in [-0.15, -0.1) is 0 Å². The molecule has 0 radical (unpaired) electrons. The van der Waals surface area contributed by atoms with Gasteiger partial charge in [0.15, 0.2) is 0 Å². The molecule has 1 atom stereocenters. The van der Waals surface area contributed by atoms with Crippen LogP contribution in [0.1, 0.15) is 38.7 Å². The standard InChI is InChI=1S/C17H23NO2/c1-5-9-14(7-3)18-15-11-10-13(6-2)16(12-15)20-17(19)8-4/h6,8,10-12,14,18H,2,4-5,7,9H2,1,3H3. The molecule has 0 saturated heterocycles. The molecule has 20 heavy (non-hydrogen) atoms. The summed E-state index contributed by atoms with van der Waals surface area (Å²) in [7, 11) is 0. The van der Waals surface area contributed by atoms with Crippen LogP contribution in [-0.4, -0.2) is 12.0 Å². The van der Waals surface area contributed by atoms with Gasteiger partial charge in [-0.05, 0) is 25.0 Å². The van der Waals surface area contributed by atoms with E-state index in [-0.39, 0.29) is 0 Å². The van der Waals surface area contributed by atoms with Crippen LogP contribution in [0.4, 0.5) is 5.69 Å². The van der Waals surface area contributed by atoms with E-state index in [0.29, 0.717) is 11.8 Å². The average molecular weight is 273 g/mol. The average Bonchev–Trinajstić information content (AvgIpc) is 2.47. The van der Waals surface area contributed by atoms with Gasteiger partial charge >= 0.3 is 5.97 Å². The fourth-order valence-corrected chi connectivity index (χ4v) is 1.99. The molecule has 3 nitrogen and oxygen atoms in total. The Bertz CT molecular complexity index is 480. The highest BCUT2D eigenvalue weighted by atomic mass is 16.5. The fourth-order valence-electron chi connectivity index (χ4n) is 1.99. The maximum Gasteiger partial charge on any atom is 0.335 e. The highest BCUT2D eigenvalue weighted by molar-refractivity contribution is 5.84. The summed E-state index contributed by atoms with van der Waals surface area (Å²) in [5, 5.41) is 3.46. The van der Waals surface area contributed by atoms with Crippen molar-refractivity contribution in [2.24, 2.45) is 0 Å². The van der Waals surface area contributed by atoms with Crippen molar-refractivity contribution in [2.75, 3.05) is 5.32 Å². The van der Waals surface area contributed by atoms with Crippen molar-refractivity contribution in [3.63, 3.8) is 0 Å². The van der Waals surface area contributed by atoms with Gasteiger partial charge in [0, 0.05) is 29.4 Å². The first-order valence-electron chi connectivity index (χ1n) is 7.01. The van der Waals surface area contributed by atoms with Crippen LogP contribution in [0.5, 0.6) is 5.75 Å². The van der Waals surface area contributed by atoms with E-state index in [1.807, 2.05) is 18.2 Å². The number of esters is 1. The van der Waals surface area contributed by atoms with Crippen molar-refractivity contribution < 1.29 is 9.53 Å². The summed E-state index contributed by atoms with van der Waals surface area (Å²) in [4.78, 5) is 11.3. The number of carbonyl (C=O) groups excluding carboxylic acids is 1. The Balaban J connectivity index is 2.93. The van der Waals surface area contributed by atoms with E-state index < -0.39 is 5.97 Å². The normalized spacial score (nSPS) is 11.5. The molecule has 0 amide bonds. The predicted molar refractivity (Wildman–Crippen MR) is 85.0 cm³/mol. The molecule has 0 heterocycles. The van der Waals surface area contributed by atoms with Gasteiger partial charge in [0.05, 0.1) is 0 Å². The highest BCUT2D eigenvalue weighted by Crippen LogP contribution is 2.26. The summed E-state index contributed by atoms with van der Waals surface area (Å²) in [5.74, 6) is 0.0344. The Kier molecular flexibility index (Phi) is 6.57. The minimum absolute atomic E-state index is 0.428. The molecule has 0 saturated carbocycles. The number of nitrogens with one attached hydrogen (secondary N) is 1. The molecule has 1 rings (SSSR count). The Morgan fingerprint density at radius 1 is 1.40 bits per heavy atom. The minimum atomic E-state index is -0.467. The SMILES string of the molecule is C=CC(=O)Oc1cc(NC(CC)CCC)ccc1C=C. The molecule has 1 N–H and O–H groups in total. The third-order valence-electron chi connectivity index (χ3n) is 3.11. The molecule has 1 aromatic rings. The number of rotatable bonds is 8. The number of hydrogen-bond donors (Lipinski definition) is 1. The zero-order chi connectivity index (χ0) is 15.0. The Morgan fingerprint density at radius 2 is 2.15 bits per heavy atom. The van der Waals surface area contributed by atoms with Gasteiger partial charge in [-0.3, -0.25) is 0 Å². The minimum Gasteiger partial charge on any atom is -0.423 e. The molecular weight excluding hydrogens is 250 g/mol.